The molecule has 7 N–H and O–H groups in total. The van der Waals surface area contributed by atoms with E-state index in [0.717, 1.165) is 0 Å². The molecule has 0 radical (unpaired) electrons. The van der Waals surface area contributed by atoms with Gasteiger partial charge in [0.05, 0.1) is 12.1 Å². The Kier molecular flexibility index (Phi) is 10.3. The second kappa shape index (κ2) is 11.9. The minimum Gasteiger partial charge on any atom is -0.370 e. The number of amides is 2. The SMILES string of the molecule is C[C@H](N)C(=O)N1CCC[C@H]1C(=O)N[C@@H](C)C(=O)C[C@@H](CCCN=C(N)N)C(=O)C(C)(C)C. The molecule has 1 aliphatic heterocycles. The Morgan fingerprint density at radius 3 is 2.31 bits per heavy atom. The lowest BCUT2D eigenvalue weighted by atomic mass is 9.78. The molecule has 0 spiro atoms. The molecule has 0 saturated carbocycles. The topological polar surface area (TPSA) is 174 Å². The van der Waals surface area contributed by atoms with Gasteiger partial charge in [-0.1, -0.05) is 20.8 Å². The van der Waals surface area contributed by atoms with Gasteiger partial charge >= 0.3 is 0 Å². The van der Waals surface area contributed by atoms with Crippen LogP contribution in [0.3, 0.4) is 0 Å². The first-order valence-electron chi connectivity index (χ1n) is 11.2. The van der Waals surface area contributed by atoms with Crippen molar-refractivity contribution in [3.05, 3.63) is 0 Å². The Hall–Kier alpha value is -2.49. The predicted octanol–water partition coefficient (Wildman–Crippen LogP) is 0.0735. The van der Waals surface area contributed by atoms with Crippen molar-refractivity contribution in [3.8, 4) is 0 Å². The van der Waals surface area contributed by atoms with Crippen LogP contribution in [0.2, 0.25) is 0 Å². The monoisotopic (exact) mass is 452 g/mol. The maximum atomic E-state index is 12.9. The fourth-order valence-electron chi connectivity index (χ4n) is 3.86. The molecule has 1 saturated heterocycles. The number of nitrogens with zero attached hydrogens (tertiary/aromatic N) is 2. The van der Waals surface area contributed by atoms with Crippen molar-refractivity contribution in [1.82, 2.24) is 10.2 Å². The molecular weight excluding hydrogens is 412 g/mol. The lowest BCUT2D eigenvalue weighted by Crippen LogP contribution is -2.53. The number of carbonyl (C=O) groups is 4. The summed E-state index contributed by atoms with van der Waals surface area (Å²) in [5, 5.41) is 2.72. The van der Waals surface area contributed by atoms with Crippen LogP contribution in [-0.4, -0.2) is 65.5 Å². The van der Waals surface area contributed by atoms with Crippen molar-refractivity contribution in [2.45, 2.75) is 84.8 Å². The molecule has 1 heterocycles. The Bertz CT molecular complexity index is 724. The number of Topliss-reactive ketones (excluding diaryl/α,β-unsaturated/α-hetero) is 2. The van der Waals surface area contributed by atoms with E-state index in [1.54, 1.807) is 13.8 Å². The number of hydrogen-bond acceptors (Lipinski definition) is 6. The number of ketones is 2. The summed E-state index contributed by atoms with van der Waals surface area (Å²) in [6.07, 6.45) is 2.29. The fourth-order valence-corrected chi connectivity index (χ4v) is 3.86. The van der Waals surface area contributed by atoms with Gasteiger partial charge in [0.2, 0.25) is 11.8 Å². The molecule has 10 nitrogen and oxygen atoms in total. The highest BCUT2D eigenvalue weighted by Crippen LogP contribution is 2.26. The minimum absolute atomic E-state index is 0.0143. The van der Waals surface area contributed by atoms with E-state index < -0.39 is 29.5 Å². The number of nitrogens with two attached hydrogens (primary N) is 3. The third kappa shape index (κ3) is 8.22. The van der Waals surface area contributed by atoms with Gasteiger partial charge in [0.15, 0.2) is 11.7 Å². The van der Waals surface area contributed by atoms with E-state index >= 15 is 0 Å². The van der Waals surface area contributed by atoms with Crippen molar-refractivity contribution in [3.63, 3.8) is 0 Å². The molecule has 0 aromatic heterocycles. The molecule has 10 heteroatoms. The van der Waals surface area contributed by atoms with Crippen LogP contribution in [0.4, 0.5) is 0 Å². The van der Waals surface area contributed by atoms with E-state index in [4.69, 9.17) is 17.2 Å². The molecular formula is C22H40N6O4. The van der Waals surface area contributed by atoms with Gasteiger partial charge in [-0.05, 0) is 39.5 Å². The number of likely N-dealkylation sites (tertiary alicyclic amines) is 1. The fraction of sp³-hybridized carbons (Fsp3) is 0.773. The summed E-state index contributed by atoms with van der Waals surface area (Å²) >= 11 is 0. The van der Waals surface area contributed by atoms with Crippen LogP contribution < -0.4 is 22.5 Å². The van der Waals surface area contributed by atoms with Gasteiger partial charge in [-0.15, -0.1) is 0 Å². The summed E-state index contributed by atoms with van der Waals surface area (Å²) in [6, 6.07) is -2.09. The molecule has 0 bridgehead atoms. The number of carbonyl (C=O) groups excluding carboxylic acids is 4. The first-order chi connectivity index (χ1) is 14.8. The zero-order valence-electron chi connectivity index (χ0n) is 20.0. The average molecular weight is 453 g/mol. The lowest BCUT2D eigenvalue weighted by molar-refractivity contribution is -0.140. The van der Waals surface area contributed by atoms with Crippen LogP contribution in [0.1, 0.15) is 66.7 Å². The second-order valence-electron chi connectivity index (χ2n) is 9.64. The van der Waals surface area contributed by atoms with Crippen LogP contribution >= 0.6 is 0 Å². The first-order valence-corrected chi connectivity index (χ1v) is 11.2. The van der Waals surface area contributed by atoms with Gasteiger partial charge in [-0.3, -0.25) is 24.2 Å². The van der Waals surface area contributed by atoms with Crippen molar-refractivity contribution < 1.29 is 19.2 Å². The summed E-state index contributed by atoms with van der Waals surface area (Å²) in [5.74, 6) is -1.40. The van der Waals surface area contributed by atoms with E-state index in [2.05, 4.69) is 10.3 Å². The molecule has 1 aliphatic rings. The molecule has 0 unspecified atom stereocenters. The van der Waals surface area contributed by atoms with Gasteiger partial charge in [0.1, 0.15) is 11.8 Å². The van der Waals surface area contributed by atoms with Crippen LogP contribution in [0, 0.1) is 11.3 Å². The zero-order chi connectivity index (χ0) is 24.6. The third-order valence-electron chi connectivity index (χ3n) is 5.63. The van der Waals surface area contributed by atoms with Gasteiger partial charge in [0.25, 0.3) is 0 Å². The van der Waals surface area contributed by atoms with Crippen molar-refractivity contribution in [1.29, 1.82) is 0 Å². The zero-order valence-corrected chi connectivity index (χ0v) is 20.0. The Balaban J connectivity index is 2.77. The Morgan fingerprint density at radius 2 is 1.78 bits per heavy atom. The normalized spacial score (nSPS) is 19.1. The molecule has 0 aromatic rings. The molecule has 0 aliphatic carbocycles. The van der Waals surface area contributed by atoms with Crippen molar-refractivity contribution in [2.75, 3.05) is 13.1 Å². The molecule has 2 amide bonds. The molecule has 32 heavy (non-hydrogen) atoms. The second-order valence-corrected chi connectivity index (χ2v) is 9.64. The Labute approximate surface area is 190 Å². The number of hydrogen-bond donors (Lipinski definition) is 4. The van der Waals surface area contributed by atoms with E-state index in [1.165, 1.54) is 4.90 Å². The summed E-state index contributed by atoms with van der Waals surface area (Å²) in [4.78, 5) is 56.2. The van der Waals surface area contributed by atoms with Crippen LogP contribution in [0.25, 0.3) is 0 Å². The summed E-state index contributed by atoms with van der Waals surface area (Å²) in [5.41, 5.74) is 15.8. The minimum atomic E-state index is -0.775. The van der Waals surface area contributed by atoms with Crippen LogP contribution in [0.5, 0.6) is 0 Å². The number of rotatable bonds is 11. The quantitative estimate of drug-likeness (QED) is 0.195. The van der Waals surface area contributed by atoms with Gasteiger partial charge in [-0.2, -0.15) is 0 Å². The smallest absolute Gasteiger partial charge is 0.243 e. The van der Waals surface area contributed by atoms with E-state index in [9.17, 15) is 19.2 Å². The van der Waals surface area contributed by atoms with E-state index in [-0.39, 0.29) is 35.8 Å². The van der Waals surface area contributed by atoms with E-state index in [0.29, 0.717) is 38.8 Å². The molecule has 1 fully saturated rings. The largest absolute Gasteiger partial charge is 0.370 e. The van der Waals surface area contributed by atoms with Crippen LogP contribution in [0.15, 0.2) is 4.99 Å². The number of guanidine groups is 1. The summed E-state index contributed by atoms with van der Waals surface area (Å²) < 4.78 is 0. The van der Waals surface area contributed by atoms with E-state index in [1.807, 2.05) is 20.8 Å². The maximum absolute atomic E-state index is 12.9. The molecule has 1 rings (SSSR count). The van der Waals surface area contributed by atoms with Crippen molar-refractivity contribution >= 4 is 29.3 Å². The maximum Gasteiger partial charge on any atom is 0.243 e. The average Bonchev–Trinajstić information content (AvgIpc) is 3.17. The standard InChI is InChI=1S/C22H40N6O4/c1-13(23)20(32)28-11-7-9-16(28)19(31)27-14(2)17(29)12-15(18(30)22(3,4)5)8-6-10-26-21(24)25/h13-16H,6-12,23H2,1-5H3,(H,27,31)(H4,24,25,26)/t13-,14-,15+,16-/m0/s1. The lowest BCUT2D eigenvalue weighted by Gasteiger charge is -2.27. The Morgan fingerprint density at radius 1 is 1.16 bits per heavy atom. The van der Waals surface area contributed by atoms with Gasteiger partial charge < -0.3 is 27.4 Å². The highest BCUT2D eigenvalue weighted by Gasteiger charge is 2.37. The molecule has 0 aromatic carbocycles. The predicted molar refractivity (Wildman–Crippen MR) is 123 cm³/mol. The summed E-state index contributed by atoms with van der Waals surface area (Å²) in [7, 11) is 0. The molecule has 4 atom stereocenters. The van der Waals surface area contributed by atoms with Gasteiger partial charge in [0, 0.05) is 30.8 Å². The van der Waals surface area contributed by atoms with Gasteiger partial charge in [-0.25, -0.2) is 0 Å². The third-order valence-corrected chi connectivity index (χ3v) is 5.63. The first kappa shape index (κ1) is 27.5. The number of nitrogens with one attached hydrogen (secondary N) is 1. The summed E-state index contributed by atoms with van der Waals surface area (Å²) in [6.45, 7) is 9.49. The van der Waals surface area contributed by atoms with Crippen LogP contribution in [-0.2, 0) is 19.2 Å². The van der Waals surface area contributed by atoms with Crippen molar-refractivity contribution in [2.24, 2.45) is 33.5 Å². The highest BCUT2D eigenvalue weighted by atomic mass is 16.2. The number of aliphatic imine (C=N–C) groups is 1. The highest BCUT2D eigenvalue weighted by molar-refractivity contribution is 5.96. The molecule has 182 valence electrons.